The fraction of sp³-hybridized carbons (Fsp3) is 0.375. The molecule has 2 atom stereocenters. The van der Waals surface area contributed by atoms with Gasteiger partial charge in [0.15, 0.2) is 23.5 Å². The molecule has 6 N–H and O–H groups in total. The first-order chi connectivity index (χ1) is 6.93. The molecule has 1 rings (SSSR count). The summed E-state index contributed by atoms with van der Waals surface area (Å²) in [4.78, 5) is 0. The van der Waals surface area contributed by atoms with Gasteiger partial charge in [0.2, 0.25) is 5.88 Å². The lowest BCUT2D eigenvalue weighted by atomic mass is 10.2. The lowest BCUT2D eigenvalue weighted by Gasteiger charge is -2.08. The van der Waals surface area contributed by atoms with Crippen molar-refractivity contribution in [3.8, 4) is 0 Å². The molecule has 7 heteroatoms. The molecule has 0 amide bonds. The van der Waals surface area contributed by atoms with E-state index < -0.39 is 29.6 Å². The summed E-state index contributed by atoms with van der Waals surface area (Å²) in [7, 11) is 0. The fourth-order valence-corrected chi connectivity index (χ4v) is 0.982. The van der Waals surface area contributed by atoms with Crippen LogP contribution in [0.15, 0.2) is 23.7 Å². The molecule has 0 aromatic carbocycles. The molecule has 0 radical (unpaired) electrons. The molecule has 0 spiro atoms. The van der Waals surface area contributed by atoms with Gasteiger partial charge in [0, 0.05) is 6.20 Å². The highest BCUT2D eigenvalue weighted by molar-refractivity contribution is 5.91. The third-order valence-electron chi connectivity index (χ3n) is 1.85. The van der Waals surface area contributed by atoms with E-state index in [4.69, 9.17) is 15.9 Å². The first kappa shape index (κ1) is 11.3. The van der Waals surface area contributed by atoms with Gasteiger partial charge in [-0.05, 0) is 6.92 Å². The third-order valence-corrected chi connectivity index (χ3v) is 1.85. The van der Waals surface area contributed by atoms with Crippen LogP contribution >= 0.6 is 0 Å². The molecule has 0 fully saturated rings. The van der Waals surface area contributed by atoms with E-state index in [2.05, 4.69) is 5.32 Å². The SMILES string of the molecule is C[C@H]1OC(N/C=C(/F)C(=N)N)=C(O)C1O. The minimum atomic E-state index is -1.14. The van der Waals surface area contributed by atoms with Crippen LogP contribution in [-0.4, -0.2) is 28.3 Å². The van der Waals surface area contributed by atoms with Crippen molar-refractivity contribution < 1.29 is 19.3 Å². The lowest BCUT2D eigenvalue weighted by Crippen LogP contribution is -2.20. The second-order valence-electron chi connectivity index (χ2n) is 3.03. The molecule has 0 aliphatic carbocycles. The van der Waals surface area contributed by atoms with E-state index in [-0.39, 0.29) is 5.88 Å². The Morgan fingerprint density at radius 2 is 2.33 bits per heavy atom. The summed E-state index contributed by atoms with van der Waals surface area (Å²) in [5.74, 6) is -2.29. The van der Waals surface area contributed by atoms with Crippen molar-refractivity contribution in [2.24, 2.45) is 5.73 Å². The zero-order valence-electron chi connectivity index (χ0n) is 7.99. The van der Waals surface area contributed by atoms with Gasteiger partial charge in [-0.3, -0.25) is 5.41 Å². The van der Waals surface area contributed by atoms with Crippen LogP contribution in [0.1, 0.15) is 6.92 Å². The first-order valence-electron chi connectivity index (χ1n) is 4.18. The van der Waals surface area contributed by atoms with E-state index in [1.807, 2.05) is 0 Å². The van der Waals surface area contributed by atoms with Gasteiger partial charge < -0.3 is 26.0 Å². The standard InChI is InChI=1S/C8H12FN3O3/c1-3-5(13)6(14)8(15-3)12-2-4(9)7(10)11/h2-3,5,12-14H,1H3,(H3,10,11)/b4-2+/t3-,5?/m1/s1. The average molecular weight is 217 g/mol. The summed E-state index contributed by atoms with van der Waals surface area (Å²) in [5, 5.41) is 27.5. The van der Waals surface area contributed by atoms with Gasteiger partial charge in [-0.25, -0.2) is 4.39 Å². The quantitative estimate of drug-likeness (QED) is 0.333. The topological polar surface area (TPSA) is 112 Å². The number of nitrogens with one attached hydrogen (secondary N) is 2. The second kappa shape index (κ2) is 4.18. The van der Waals surface area contributed by atoms with Crippen LogP contribution in [0.3, 0.4) is 0 Å². The Bertz CT molecular complexity index is 340. The van der Waals surface area contributed by atoms with E-state index >= 15 is 0 Å². The smallest absolute Gasteiger partial charge is 0.233 e. The highest BCUT2D eigenvalue weighted by atomic mass is 19.1. The molecule has 6 nitrogen and oxygen atoms in total. The maximum Gasteiger partial charge on any atom is 0.233 e. The van der Waals surface area contributed by atoms with E-state index in [9.17, 15) is 14.6 Å². The normalized spacial score (nSPS) is 26.5. The number of aliphatic hydroxyl groups is 2. The number of amidine groups is 1. The predicted molar refractivity (Wildman–Crippen MR) is 50.4 cm³/mol. The molecular formula is C8H12FN3O3. The number of hydrogen-bond donors (Lipinski definition) is 5. The number of halogens is 1. The Morgan fingerprint density at radius 3 is 2.73 bits per heavy atom. The molecule has 1 aliphatic rings. The van der Waals surface area contributed by atoms with Crippen molar-refractivity contribution in [3.63, 3.8) is 0 Å². The van der Waals surface area contributed by atoms with E-state index in [0.717, 1.165) is 6.20 Å². The summed E-state index contributed by atoms with van der Waals surface area (Å²) >= 11 is 0. The second-order valence-corrected chi connectivity index (χ2v) is 3.03. The van der Waals surface area contributed by atoms with E-state index in [1.54, 1.807) is 6.92 Å². The summed E-state index contributed by atoms with van der Waals surface area (Å²) in [6.07, 6.45) is -0.985. The summed E-state index contributed by atoms with van der Waals surface area (Å²) in [6.45, 7) is 1.54. The molecule has 0 bridgehead atoms. The van der Waals surface area contributed by atoms with Gasteiger partial charge in [0.1, 0.15) is 6.10 Å². The van der Waals surface area contributed by atoms with Crippen molar-refractivity contribution in [2.75, 3.05) is 0 Å². The number of hydrogen-bond acceptors (Lipinski definition) is 5. The monoisotopic (exact) mass is 217 g/mol. The minimum absolute atomic E-state index is 0.147. The van der Waals surface area contributed by atoms with Crippen LogP contribution < -0.4 is 11.1 Å². The summed E-state index contributed by atoms with van der Waals surface area (Å²) < 4.78 is 17.7. The fourth-order valence-electron chi connectivity index (χ4n) is 0.982. The van der Waals surface area contributed by atoms with E-state index in [1.165, 1.54) is 0 Å². The average Bonchev–Trinajstić information content (AvgIpc) is 2.42. The van der Waals surface area contributed by atoms with Gasteiger partial charge in [-0.2, -0.15) is 0 Å². The zero-order chi connectivity index (χ0) is 11.6. The number of rotatable bonds is 3. The molecule has 1 aliphatic heterocycles. The molecule has 0 aromatic rings. The van der Waals surface area contributed by atoms with Gasteiger partial charge >= 0.3 is 0 Å². The van der Waals surface area contributed by atoms with Crippen LogP contribution in [0, 0.1) is 5.41 Å². The number of nitrogens with two attached hydrogens (primary N) is 1. The van der Waals surface area contributed by atoms with Gasteiger partial charge in [-0.15, -0.1) is 0 Å². The molecule has 0 saturated heterocycles. The summed E-state index contributed by atoms with van der Waals surface area (Å²) in [6, 6.07) is 0. The van der Waals surface area contributed by atoms with Crippen LogP contribution in [-0.2, 0) is 4.74 Å². The van der Waals surface area contributed by atoms with Gasteiger partial charge in [0.25, 0.3) is 0 Å². The van der Waals surface area contributed by atoms with Crippen molar-refractivity contribution >= 4 is 5.84 Å². The Hall–Kier alpha value is -1.76. The predicted octanol–water partition coefficient (Wildman–Crippen LogP) is -0.170. The lowest BCUT2D eigenvalue weighted by molar-refractivity contribution is 0.0495. The van der Waals surface area contributed by atoms with Gasteiger partial charge in [0.05, 0.1) is 0 Å². The summed E-state index contributed by atoms with van der Waals surface area (Å²) in [5.41, 5.74) is 4.84. The van der Waals surface area contributed by atoms with Crippen molar-refractivity contribution in [1.82, 2.24) is 5.32 Å². The number of aliphatic hydroxyl groups excluding tert-OH is 2. The highest BCUT2D eigenvalue weighted by Gasteiger charge is 2.32. The van der Waals surface area contributed by atoms with Crippen LogP contribution in [0.5, 0.6) is 0 Å². The largest absolute Gasteiger partial charge is 0.505 e. The first-order valence-corrected chi connectivity index (χ1v) is 4.18. The van der Waals surface area contributed by atoms with Crippen LogP contribution in [0.25, 0.3) is 0 Å². The molecule has 1 heterocycles. The van der Waals surface area contributed by atoms with Crippen molar-refractivity contribution in [3.05, 3.63) is 23.7 Å². The minimum Gasteiger partial charge on any atom is -0.505 e. The molecule has 0 saturated carbocycles. The highest BCUT2D eigenvalue weighted by Crippen LogP contribution is 2.21. The molecule has 1 unspecified atom stereocenters. The maximum absolute atomic E-state index is 12.7. The number of ether oxygens (including phenoxy) is 1. The van der Waals surface area contributed by atoms with Gasteiger partial charge in [-0.1, -0.05) is 0 Å². The Labute approximate surface area is 85.4 Å². The Kier molecular flexibility index (Phi) is 3.15. The Balaban J connectivity index is 2.69. The molecule has 15 heavy (non-hydrogen) atoms. The molecular weight excluding hydrogens is 205 g/mol. The maximum atomic E-state index is 12.7. The third kappa shape index (κ3) is 2.38. The molecule has 0 aromatic heterocycles. The van der Waals surface area contributed by atoms with Crippen molar-refractivity contribution in [2.45, 2.75) is 19.1 Å². The zero-order valence-corrected chi connectivity index (χ0v) is 7.99. The van der Waals surface area contributed by atoms with Crippen LogP contribution in [0.4, 0.5) is 4.39 Å². The van der Waals surface area contributed by atoms with Crippen LogP contribution in [0.2, 0.25) is 0 Å². The van der Waals surface area contributed by atoms with E-state index in [0.29, 0.717) is 0 Å². The Morgan fingerprint density at radius 1 is 1.73 bits per heavy atom. The van der Waals surface area contributed by atoms with Crippen molar-refractivity contribution in [1.29, 1.82) is 5.41 Å². The molecule has 84 valence electrons.